The average molecular weight is 266 g/mol. The first kappa shape index (κ1) is 12.1. The average Bonchev–Trinajstić information content (AvgIpc) is 2.48. The Labute approximate surface area is 114 Å². The molecule has 0 N–H and O–H groups in total. The highest BCUT2D eigenvalue weighted by atomic mass is 16.6. The van der Waals surface area contributed by atoms with Crippen molar-refractivity contribution < 1.29 is 9.66 Å². The lowest BCUT2D eigenvalue weighted by molar-refractivity contribution is -0.386. The standard InChI is InChI=1S/C15H10N2O3/c18-17(19)13-10-16-9-8-15(13)20-14-7-3-5-11-4-1-2-6-12(11)14/h1-10H. The van der Waals surface area contributed by atoms with Crippen molar-refractivity contribution in [1.82, 2.24) is 4.98 Å². The summed E-state index contributed by atoms with van der Waals surface area (Å²) in [5, 5.41) is 12.9. The number of hydrogen-bond donors (Lipinski definition) is 0. The predicted octanol–water partition coefficient (Wildman–Crippen LogP) is 3.94. The molecule has 1 aromatic heterocycles. The summed E-state index contributed by atoms with van der Waals surface area (Å²) >= 11 is 0. The first-order valence-electron chi connectivity index (χ1n) is 6.00. The number of benzene rings is 2. The molecule has 3 aromatic rings. The Morgan fingerprint density at radius 1 is 1.00 bits per heavy atom. The van der Waals surface area contributed by atoms with Crippen molar-refractivity contribution in [2.75, 3.05) is 0 Å². The molecule has 0 saturated heterocycles. The second-order valence-corrected chi connectivity index (χ2v) is 4.18. The maximum absolute atomic E-state index is 11.0. The van der Waals surface area contributed by atoms with Crippen LogP contribution in [-0.2, 0) is 0 Å². The van der Waals surface area contributed by atoms with Gasteiger partial charge in [0.15, 0.2) is 0 Å². The van der Waals surface area contributed by atoms with Gasteiger partial charge in [-0.3, -0.25) is 15.1 Å². The third-order valence-corrected chi connectivity index (χ3v) is 2.93. The molecule has 5 nitrogen and oxygen atoms in total. The van der Waals surface area contributed by atoms with Gasteiger partial charge < -0.3 is 4.74 Å². The molecule has 98 valence electrons. The fourth-order valence-corrected chi connectivity index (χ4v) is 2.00. The SMILES string of the molecule is O=[N+]([O-])c1cnccc1Oc1cccc2ccccc12. The molecule has 3 rings (SSSR count). The van der Waals surface area contributed by atoms with Crippen LogP contribution >= 0.6 is 0 Å². The van der Waals surface area contributed by atoms with E-state index in [9.17, 15) is 10.1 Å². The molecule has 0 atom stereocenters. The lowest BCUT2D eigenvalue weighted by Crippen LogP contribution is -1.94. The molecule has 20 heavy (non-hydrogen) atoms. The van der Waals surface area contributed by atoms with Crippen LogP contribution in [0.25, 0.3) is 10.8 Å². The largest absolute Gasteiger partial charge is 0.449 e. The smallest absolute Gasteiger partial charge is 0.329 e. The number of nitro groups is 1. The van der Waals surface area contributed by atoms with Gasteiger partial charge in [0.05, 0.1) is 4.92 Å². The summed E-state index contributed by atoms with van der Waals surface area (Å²) in [5.41, 5.74) is -0.152. The van der Waals surface area contributed by atoms with Crippen molar-refractivity contribution in [1.29, 1.82) is 0 Å². The quantitative estimate of drug-likeness (QED) is 0.532. The molecule has 0 aliphatic heterocycles. The van der Waals surface area contributed by atoms with Gasteiger partial charge >= 0.3 is 5.69 Å². The second-order valence-electron chi connectivity index (χ2n) is 4.18. The number of hydrogen-bond acceptors (Lipinski definition) is 4. The van der Waals surface area contributed by atoms with Crippen LogP contribution < -0.4 is 4.74 Å². The van der Waals surface area contributed by atoms with Crippen LogP contribution in [0.3, 0.4) is 0 Å². The van der Waals surface area contributed by atoms with E-state index in [1.807, 2.05) is 36.4 Å². The molecule has 0 saturated carbocycles. The van der Waals surface area contributed by atoms with Crippen molar-refractivity contribution >= 4 is 16.5 Å². The minimum Gasteiger partial charge on any atom is -0.449 e. The topological polar surface area (TPSA) is 65.3 Å². The van der Waals surface area contributed by atoms with Gasteiger partial charge in [0.1, 0.15) is 11.9 Å². The minimum absolute atomic E-state index is 0.152. The van der Waals surface area contributed by atoms with Crippen molar-refractivity contribution in [2.24, 2.45) is 0 Å². The lowest BCUT2D eigenvalue weighted by atomic mass is 10.1. The maximum Gasteiger partial charge on any atom is 0.329 e. The summed E-state index contributed by atoms with van der Waals surface area (Å²) in [7, 11) is 0. The van der Waals surface area contributed by atoms with Gasteiger partial charge in [-0.25, -0.2) is 0 Å². The van der Waals surface area contributed by atoms with E-state index in [2.05, 4.69) is 4.98 Å². The highest BCUT2D eigenvalue weighted by Gasteiger charge is 2.16. The van der Waals surface area contributed by atoms with Gasteiger partial charge in [-0.15, -0.1) is 0 Å². The Balaban J connectivity index is 2.08. The number of fused-ring (bicyclic) bond motifs is 1. The number of rotatable bonds is 3. The fourth-order valence-electron chi connectivity index (χ4n) is 2.00. The summed E-state index contributed by atoms with van der Waals surface area (Å²) < 4.78 is 5.70. The highest BCUT2D eigenvalue weighted by Crippen LogP contribution is 2.34. The Hall–Kier alpha value is -2.95. The van der Waals surface area contributed by atoms with Crippen molar-refractivity contribution in [2.45, 2.75) is 0 Å². The van der Waals surface area contributed by atoms with E-state index in [0.717, 1.165) is 10.8 Å². The Morgan fingerprint density at radius 2 is 1.80 bits per heavy atom. The van der Waals surface area contributed by atoms with E-state index in [1.165, 1.54) is 18.5 Å². The summed E-state index contributed by atoms with van der Waals surface area (Å²) in [5.74, 6) is 0.763. The van der Waals surface area contributed by atoms with Gasteiger partial charge in [0, 0.05) is 17.6 Å². The summed E-state index contributed by atoms with van der Waals surface area (Å²) in [6.07, 6.45) is 2.65. The van der Waals surface area contributed by atoms with E-state index >= 15 is 0 Å². The van der Waals surface area contributed by atoms with Crippen LogP contribution in [0, 0.1) is 10.1 Å². The minimum atomic E-state index is -0.506. The highest BCUT2D eigenvalue weighted by molar-refractivity contribution is 5.88. The van der Waals surface area contributed by atoms with Gasteiger partial charge in [0.25, 0.3) is 0 Å². The summed E-state index contributed by atoms with van der Waals surface area (Å²) in [6.45, 7) is 0. The third-order valence-electron chi connectivity index (χ3n) is 2.93. The molecule has 0 bridgehead atoms. The lowest BCUT2D eigenvalue weighted by Gasteiger charge is -2.08. The van der Waals surface area contributed by atoms with Gasteiger partial charge in [-0.1, -0.05) is 36.4 Å². The van der Waals surface area contributed by atoms with Gasteiger partial charge in [0.2, 0.25) is 5.75 Å². The Kier molecular flexibility index (Phi) is 3.01. The first-order valence-corrected chi connectivity index (χ1v) is 6.00. The first-order chi connectivity index (χ1) is 9.75. The fraction of sp³-hybridized carbons (Fsp3) is 0. The molecule has 0 amide bonds. The Bertz CT molecular complexity index is 781. The van der Waals surface area contributed by atoms with E-state index in [1.54, 1.807) is 6.07 Å². The van der Waals surface area contributed by atoms with E-state index in [0.29, 0.717) is 5.75 Å². The van der Waals surface area contributed by atoms with Crippen molar-refractivity contribution in [3.05, 3.63) is 71.0 Å². The normalized spacial score (nSPS) is 10.4. The summed E-state index contributed by atoms with van der Waals surface area (Å²) in [6, 6.07) is 14.8. The third kappa shape index (κ3) is 2.16. The van der Waals surface area contributed by atoms with E-state index in [4.69, 9.17) is 4.74 Å². The molecule has 0 fully saturated rings. The van der Waals surface area contributed by atoms with Crippen LogP contribution in [0.15, 0.2) is 60.9 Å². The molecule has 0 aliphatic carbocycles. The molecular formula is C15H10N2O3. The molecule has 0 spiro atoms. The molecule has 0 aliphatic rings. The second kappa shape index (κ2) is 4.97. The molecule has 0 unspecified atom stereocenters. The van der Waals surface area contributed by atoms with Gasteiger partial charge in [-0.2, -0.15) is 0 Å². The van der Waals surface area contributed by atoms with Crippen LogP contribution in [0.4, 0.5) is 5.69 Å². The van der Waals surface area contributed by atoms with Crippen molar-refractivity contribution in [3.8, 4) is 11.5 Å². The monoisotopic (exact) mass is 266 g/mol. The number of pyridine rings is 1. The van der Waals surface area contributed by atoms with E-state index in [-0.39, 0.29) is 11.4 Å². The number of ether oxygens (including phenoxy) is 1. The number of aromatic nitrogens is 1. The predicted molar refractivity (Wildman–Crippen MR) is 74.9 cm³/mol. The van der Waals surface area contributed by atoms with Crippen LogP contribution in [0.1, 0.15) is 0 Å². The molecule has 0 radical (unpaired) electrons. The van der Waals surface area contributed by atoms with Crippen LogP contribution in [-0.4, -0.2) is 9.91 Å². The Morgan fingerprint density at radius 3 is 2.65 bits per heavy atom. The van der Waals surface area contributed by atoms with Crippen molar-refractivity contribution in [3.63, 3.8) is 0 Å². The number of nitrogens with zero attached hydrogens (tertiary/aromatic N) is 2. The molecule has 2 aromatic carbocycles. The zero-order valence-electron chi connectivity index (χ0n) is 10.4. The van der Waals surface area contributed by atoms with Gasteiger partial charge in [-0.05, 0) is 11.5 Å². The maximum atomic E-state index is 11.0. The van der Waals surface area contributed by atoms with E-state index < -0.39 is 4.92 Å². The molecular weight excluding hydrogens is 256 g/mol. The van der Waals surface area contributed by atoms with Crippen LogP contribution in [0.2, 0.25) is 0 Å². The summed E-state index contributed by atoms with van der Waals surface area (Å²) in [4.78, 5) is 14.2. The zero-order chi connectivity index (χ0) is 13.9. The molecule has 5 heteroatoms. The van der Waals surface area contributed by atoms with Crippen LogP contribution in [0.5, 0.6) is 11.5 Å². The zero-order valence-corrected chi connectivity index (χ0v) is 10.4. The molecule has 1 heterocycles.